The van der Waals surface area contributed by atoms with E-state index in [1.165, 1.54) is 0 Å². The van der Waals surface area contributed by atoms with E-state index in [4.69, 9.17) is 18.9 Å². The summed E-state index contributed by atoms with van der Waals surface area (Å²) in [6.45, 7) is 5.48. The summed E-state index contributed by atoms with van der Waals surface area (Å²) in [4.78, 5) is 0. The molecule has 4 unspecified atom stereocenters. The summed E-state index contributed by atoms with van der Waals surface area (Å²) in [7, 11) is 0. The van der Waals surface area contributed by atoms with Gasteiger partial charge in [-0.25, -0.2) is 0 Å². The van der Waals surface area contributed by atoms with E-state index >= 15 is 0 Å². The zero-order valence-corrected chi connectivity index (χ0v) is 11.6. The van der Waals surface area contributed by atoms with Crippen molar-refractivity contribution in [3.8, 4) is 0 Å². The van der Waals surface area contributed by atoms with Crippen molar-refractivity contribution in [1.82, 2.24) is 0 Å². The molecule has 4 aliphatic heterocycles. The number of hydrogen-bond acceptors (Lipinski definition) is 7. The van der Waals surface area contributed by atoms with Gasteiger partial charge in [-0.1, -0.05) is 0 Å². The summed E-state index contributed by atoms with van der Waals surface area (Å²) < 4.78 is 22.3. The fraction of sp³-hybridized carbons (Fsp3) is 1.00. The molecule has 5 fully saturated rings. The van der Waals surface area contributed by atoms with Crippen LogP contribution in [0.25, 0.3) is 0 Å². The summed E-state index contributed by atoms with van der Waals surface area (Å²) >= 11 is 0. The molecule has 0 aromatic rings. The van der Waals surface area contributed by atoms with Crippen LogP contribution in [-0.4, -0.2) is 69.1 Å². The van der Waals surface area contributed by atoms with Crippen LogP contribution >= 0.6 is 0 Å². The molecule has 5 aliphatic rings. The number of epoxide rings is 1. The number of aliphatic hydroxyl groups is 3. The van der Waals surface area contributed by atoms with Gasteiger partial charge in [0, 0.05) is 13.3 Å². The molecular weight excluding hydrogens is 268 g/mol. The monoisotopic (exact) mass is 288 g/mol. The van der Waals surface area contributed by atoms with Crippen LogP contribution in [-0.2, 0) is 18.9 Å². The van der Waals surface area contributed by atoms with Crippen molar-refractivity contribution in [2.24, 2.45) is 0 Å². The van der Waals surface area contributed by atoms with Gasteiger partial charge < -0.3 is 34.3 Å². The summed E-state index contributed by atoms with van der Waals surface area (Å²) in [6, 6.07) is 0. The minimum absolute atomic E-state index is 0.108. The Balaban J connectivity index is 1.70. The summed E-state index contributed by atoms with van der Waals surface area (Å²) in [5.74, 6) is -1.34. The second kappa shape index (κ2) is 3.55. The molecule has 0 aromatic carbocycles. The Bertz CT molecular complexity index is 430. The van der Waals surface area contributed by atoms with Gasteiger partial charge in [0.25, 0.3) is 5.97 Å². The van der Waals surface area contributed by atoms with Crippen molar-refractivity contribution in [3.63, 3.8) is 0 Å². The maximum atomic E-state index is 10.5. The zero-order chi connectivity index (χ0) is 14.5. The first-order valence-corrected chi connectivity index (χ1v) is 6.96. The normalized spacial score (nSPS) is 62.7. The molecule has 0 amide bonds. The molecule has 3 N–H and O–H groups in total. The van der Waals surface area contributed by atoms with E-state index in [1.54, 1.807) is 6.92 Å². The summed E-state index contributed by atoms with van der Waals surface area (Å²) in [5, 5.41) is 31.1. The maximum absolute atomic E-state index is 10.5. The molecule has 7 nitrogen and oxygen atoms in total. The average molecular weight is 288 g/mol. The standard InChI is InChI=1S/C13H20O7/c1-11(2)5(17-11)4-13-9(15)7-6(14)8(10(13)16)19-12(3,18-7)20-13/h5-10,14-16H,4H2,1-3H3/t5?,6?,7-,8+,9-,10-,12?,13?/m0/s1. The lowest BCUT2D eigenvalue weighted by atomic mass is 9.69. The quantitative estimate of drug-likeness (QED) is 0.553. The highest BCUT2D eigenvalue weighted by molar-refractivity contribution is 5.18. The van der Waals surface area contributed by atoms with Crippen LogP contribution in [0.3, 0.4) is 0 Å². The van der Waals surface area contributed by atoms with Crippen LogP contribution in [0.4, 0.5) is 0 Å². The Morgan fingerprint density at radius 3 is 1.85 bits per heavy atom. The minimum Gasteiger partial charge on any atom is -0.387 e. The van der Waals surface area contributed by atoms with Gasteiger partial charge in [0.05, 0.1) is 11.7 Å². The predicted octanol–water partition coefficient (Wildman–Crippen LogP) is -1.12. The molecule has 1 saturated carbocycles. The highest BCUT2D eigenvalue weighted by atomic mass is 16.9. The second-order valence-corrected chi connectivity index (χ2v) is 6.88. The first kappa shape index (κ1) is 13.4. The lowest BCUT2D eigenvalue weighted by Crippen LogP contribution is -2.83. The second-order valence-electron chi connectivity index (χ2n) is 6.88. The molecule has 20 heavy (non-hydrogen) atoms. The van der Waals surface area contributed by atoms with Crippen molar-refractivity contribution in [2.75, 3.05) is 0 Å². The van der Waals surface area contributed by atoms with Gasteiger partial charge in [-0.15, -0.1) is 0 Å². The van der Waals surface area contributed by atoms with E-state index in [0.717, 1.165) is 0 Å². The van der Waals surface area contributed by atoms with Gasteiger partial charge in [0.15, 0.2) is 0 Å². The average Bonchev–Trinajstić information content (AvgIpc) is 2.94. The third kappa shape index (κ3) is 1.49. The molecule has 0 spiro atoms. The van der Waals surface area contributed by atoms with Crippen LogP contribution in [0.2, 0.25) is 0 Å². The highest BCUT2D eigenvalue weighted by Gasteiger charge is 2.74. The van der Waals surface area contributed by atoms with Gasteiger partial charge in [-0.2, -0.15) is 0 Å². The molecule has 5 rings (SSSR count). The minimum atomic E-state index is -1.34. The van der Waals surface area contributed by atoms with Gasteiger partial charge >= 0.3 is 0 Å². The van der Waals surface area contributed by atoms with E-state index in [2.05, 4.69) is 0 Å². The van der Waals surface area contributed by atoms with Gasteiger partial charge in [0.1, 0.15) is 36.1 Å². The van der Waals surface area contributed by atoms with E-state index in [0.29, 0.717) is 6.42 Å². The zero-order valence-electron chi connectivity index (χ0n) is 11.6. The van der Waals surface area contributed by atoms with Crippen molar-refractivity contribution in [3.05, 3.63) is 0 Å². The molecule has 1 aliphatic carbocycles. The molecule has 7 heteroatoms. The Morgan fingerprint density at radius 1 is 0.900 bits per heavy atom. The Labute approximate surface area is 116 Å². The Morgan fingerprint density at radius 2 is 1.40 bits per heavy atom. The van der Waals surface area contributed by atoms with E-state index in [1.807, 2.05) is 13.8 Å². The molecule has 114 valence electrons. The topological polar surface area (TPSA) is 101 Å². The van der Waals surface area contributed by atoms with Crippen LogP contribution in [0.15, 0.2) is 0 Å². The van der Waals surface area contributed by atoms with Crippen LogP contribution < -0.4 is 0 Å². The van der Waals surface area contributed by atoms with Gasteiger partial charge in [-0.05, 0) is 13.8 Å². The van der Waals surface area contributed by atoms with Crippen molar-refractivity contribution >= 4 is 0 Å². The van der Waals surface area contributed by atoms with E-state index < -0.39 is 42.1 Å². The van der Waals surface area contributed by atoms with Gasteiger partial charge in [-0.3, -0.25) is 0 Å². The summed E-state index contributed by atoms with van der Waals surface area (Å²) in [6.07, 6.45) is -4.73. The fourth-order valence-corrected chi connectivity index (χ4v) is 3.79. The molecule has 0 aromatic heterocycles. The number of hydrogen-bond donors (Lipinski definition) is 3. The Kier molecular flexibility index (Phi) is 2.37. The lowest BCUT2D eigenvalue weighted by Gasteiger charge is -2.65. The van der Waals surface area contributed by atoms with E-state index in [9.17, 15) is 15.3 Å². The number of ether oxygens (including phenoxy) is 4. The third-order valence-corrected chi connectivity index (χ3v) is 5.04. The molecule has 8 atom stereocenters. The maximum Gasteiger partial charge on any atom is 0.281 e. The van der Waals surface area contributed by atoms with Crippen molar-refractivity contribution in [2.45, 2.75) is 81.0 Å². The summed E-state index contributed by atoms with van der Waals surface area (Å²) in [5.41, 5.74) is -1.51. The first-order valence-electron chi connectivity index (χ1n) is 6.96. The van der Waals surface area contributed by atoms with Crippen molar-refractivity contribution < 1.29 is 34.3 Å². The largest absolute Gasteiger partial charge is 0.387 e. The predicted molar refractivity (Wildman–Crippen MR) is 63.6 cm³/mol. The fourth-order valence-electron chi connectivity index (χ4n) is 3.79. The molecule has 4 heterocycles. The van der Waals surface area contributed by atoms with Crippen LogP contribution in [0.5, 0.6) is 0 Å². The molecule has 4 bridgehead atoms. The SMILES string of the molecule is CC12O[C@@H]3C(O)[C@H](O1)[C@H](O)C(CC1OC1(C)C)(O2)[C@H]3O. The van der Waals surface area contributed by atoms with Crippen LogP contribution in [0.1, 0.15) is 27.2 Å². The first-order chi connectivity index (χ1) is 9.19. The van der Waals surface area contributed by atoms with Crippen LogP contribution in [0, 0.1) is 0 Å². The van der Waals surface area contributed by atoms with Gasteiger partial charge in [0.2, 0.25) is 0 Å². The smallest absolute Gasteiger partial charge is 0.281 e. The van der Waals surface area contributed by atoms with E-state index in [-0.39, 0.29) is 11.7 Å². The number of rotatable bonds is 2. The van der Waals surface area contributed by atoms with Crippen molar-refractivity contribution in [1.29, 1.82) is 0 Å². The molecular formula is C13H20O7. The third-order valence-electron chi connectivity index (χ3n) is 5.04. The highest BCUT2D eigenvalue weighted by Crippen LogP contribution is 2.55. The lowest BCUT2D eigenvalue weighted by molar-refractivity contribution is -0.556. The number of aliphatic hydroxyl groups excluding tert-OH is 3. The molecule has 4 saturated heterocycles. The molecule has 0 radical (unpaired) electrons. The Hall–Kier alpha value is -0.280.